The minimum atomic E-state index is -0.459. The molecule has 4 nitrogen and oxygen atoms in total. The standard InChI is InChI=1S/C23H24O4/c1-2-19(25)17-11-16(20(26)10-14-8-9-14)12-18-22(15-6-4-3-5-7-15)21(13-24)27-23(17)18/h3-7,11-12,14,21-22,24H,2,8-10,13H2,1H3/t21-,22+/m1/s1. The molecule has 0 spiro atoms. The summed E-state index contributed by atoms with van der Waals surface area (Å²) in [7, 11) is 0. The lowest BCUT2D eigenvalue weighted by atomic mass is 9.85. The number of carbonyl (C=O) groups excluding carboxylic acids is 2. The van der Waals surface area contributed by atoms with Crippen molar-refractivity contribution in [1.82, 2.24) is 0 Å². The Kier molecular flexibility index (Phi) is 4.83. The van der Waals surface area contributed by atoms with Gasteiger partial charge in [0, 0.05) is 24.0 Å². The summed E-state index contributed by atoms with van der Waals surface area (Å²) in [6.45, 7) is 1.65. The van der Waals surface area contributed by atoms with E-state index in [9.17, 15) is 14.7 Å². The number of benzene rings is 2. The first-order chi connectivity index (χ1) is 13.1. The Labute approximate surface area is 159 Å². The van der Waals surface area contributed by atoms with Gasteiger partial charge in [-0.25, -0.2) is 0 Å². The number of carbonyl (C=O) groups is 2. The molecule has 0 saturated heterocycles. The highest BCUT2D eigenvalue weighted by atomic mass is 16.5. The summed E-state index contributed by atoms with van der Waals surface area (Å²) >= 11 is 0. The van der Waals surface area contributed by atoms with Crippen LogP contribution in [0.2, 0.25) is 0 Å². The van der Waals surface area contributed by atoms with E-state index in [0.29, 0.717) is 35.6 Å². The fourth-order valence-corrected chi connectivity index (χ4v) is 3.89. The van der Waals surface area contributed by atoms with Gasteiger partial charge in [-0.2, -0.15) is 0 Å². The Morgan fingerprint density at radius 3 is 2.48 bits per heavy atom. The predicted octanol–water partition coefficient (Wildman–Crippen LogP) is 4.15. The van der Waals surface area contributed by atoms with Gasteiger partial charge in [-0.15, -0.1) is 0 Å². The summed E-state index contributed by atoms with van der Waals surface area (Å²) in [6.07, 6.45) is 2.65. The van der Waals surface area contributed by atoms with E-state index in [2.05, 4.69) is 0 Å². The van der Waals surface area contributed by atoms with Crippen LogP contribution in [0.3, 0.4) is 0 Å². The molecule has 1 N–H and O–H groups in total. The van der Waals surface area contributed by atoms with Crippen molar-refractivity contribution in [3.8, 4) is 5.75 Å². The summed E-state index contributed by atoms with van der Waals surface area (Å²) in [5, 5.41) is 9.89. The third-order valence-corrected chi connectivity index (χ3v) is 5.55. The average Bonchev–Trinajstić information content (AvgIpc) is 3.43. The Hall–Kier alpha value is -2.46. The smallest absolute Gasteiger partial charge is 0.166 e. The normalized spacial score (nSPS) is 20.8. The van der Waals surface area contributed by atoms with Gasteiger partial charge in [0.15, 0.2) is 11.6 Å². The number of ether oxygens (including phenoxy) is 1. The van der Waals surface area contributed by atoms with Crippen molar-refractivity contribution in [2.75, 3.05) is 6.61 Å². The zero-order valence-corrected chi connectivity index (χ0v) is 15.5. The number of rotatable bonds is 7. The molecule has 1 fully saturated rings. The molecule has 4 rings (SSSR count). The molecule has 0 unspecified atom stereocenters. The van der Waals surface area contributed by atoms with Crippen molar-refractivity contribution in [2.24, 2.45) is 5.92 Å². The highest BCUT2D eigenvalue weighted by Gasteiger charge is 2.38. The summed E-state index contributed by atoms with van der Waals surface area (Å²) in [6, 6.07) is 13.4. The van der Waals surface area contributed by atoms with E-state index < -0.39 is 6.10 Å². The molecule has 4 heteroatoms. The SMILES string of the molecule is CCC(=O)c1cc(C(=O)CC2CC2)cc2c1O[C@H](CO)[C@H]2c1ccccc1. The van der Waals surface area contributed by atoms with Gasteiger partial charge in [-0.3, -0.25) is 9.59 Å². The number of hydrogen-bond donors (Lipinski definition) is 1. The summed E-state index contributed by atoms with van der Waals surface area (Å²) in [5.74, 6) is 0.867. The molecule has 0 bridgehead atoms. The van der Waals surface area contributed by atoms with Crippen LogP contribution in [0.1, 0.15) is 70.4 Å². The van der Waals surface area contributed by atoms with Crippen LogP contribution in [0.4, 0.5) is 0 Å². The maximum atomic E-state index is 12.8. The lowest BCUT2D eigenvalue weighted by Gasteiger charge is -2.17. The molecule has 2 atom stereocenters. The van der Waals surface area contributed by atoms with Gasteiger partial charge in [0.25, 0.3) is 0 Å². The Bertz CT molecular complexity index is 867. The zero-order chi connectivity index (χ0) is 19.0. The van der Waals surface area contributed by atoms with Gasteiger partial charge < -0.3 is 9.84 Å². The van der Waals surface area contributed by atoms with Crippen LogP contribution in [-0.2, 0) is 0 Å². The Balaban J connectivity index is 1.83. The van der Waals surface area contributed by atoms with E-state index in [1.54, 1.807) is 13.0 Å². The van der Waals surface area contributed by atoms with Crippen LogP contribution in [0, 0.1) is 5.92 Å². The average molecular weight is 364 g/mol. The molecule has 0 radical (unpaired) electrons. The molecule has 140 valence electrons. The molecular weight excluding hydrogens is 340 g/mol. The second kappa shape index (κ2) is 7.28. The van der Waals surface area contributed by atoms with Crippen molar-refractivity contribution < 1.29 is 19.4 Å². The predicted molar refractivity (Wildman–Crippen MR) is 103 cm³/mol. The number of aliphatic hydroxyl groups is 1. The summed E-state index contributed by atoms with van der Waals surface area (Å²) in [4.78, 5) is 25.3. The number of aliphatic hydroxyl groups excluding tert-OH is 1. The van der Waals surface area contributed by atoms with Crippen LogP contribution in [0.5, 0.6) is 5.75 Å². The van der Waals surface area contributed by atoms with Crippen LogP contribution in [0.15, 0.2) is 42.5 Å². The highest BCUT2D eigenvalue weighted by Crippen LogP contribution is 2.45. The van der Waals surface area contributed by atoms with E-state index in [4.69, 9.17) is 4.74 Å². The van der Waals surface area contributed by atoms with Gasteiger partial charge in [0.1, 0.15) is 11.9 Å². The minimum absolute atomic E-state index is 0.0438. The molecule has 2 aromatic rings. The number of hydrogen-bond acceptors (Lipinski definition) is 4. The first-order valence-electron chi connectivity index (χ1n) is 9.69. The molecule has 1 heterocycles. The van der Waals surface area contributed by atoms with Crippen LogP contribution >= 0.6 is 0 Å². The van der Waals surface area contributed by atoms with Crippen molar-refractivity contribution in [3.63, 3.8) is 0 Å². The van der Waals surface area contributed by atoms with Crippen LogP contribution in [-0.4, -0.2) is 29.4 Å². The van der Waals surface area contributed by atoms with E-state index in [0.717, 1.165) is 24.0 Å². The fraction of sp³-hybridized carbons (Fsp3) is 0.391. The van der Waals surface area contributed by atoms with Gasteiger partial charge in [-0.1, -0.05) is 37.3 Å². The van der Waals surface area contributed by atoms with E-state index in [1.807, 2.05) is 36.4 Å². The first kappa shape index (κ1) is 17.9. The monoisotopic (exact) mass is 364 g/mol. The largest absolute Gasteiger partial charge is 0.486 e. The van der Waals surface area contributed by atoms with Gasteiger partial charge >= 0.3 is 0 Å². The lowest BCUT2D eigenvalue weighted by molar-refractivity contribution is 0.0971. The molecule has 0 aromatic heterocycles. The summed E-state index contributed by atoms with van der Waals surface area (Å²) < 4.78 is 6.02. The van der Waals surface area contributed by atoms with Crippen molar-refractivity contribution in [1.29, 1.82) is 0 Å². The molecular formula is C23H24O4. The Morgan fingerprint density at radius 1 is 1.11 bits per heavy atom. The fourth-order valence-electron chi connectivity index (χ4n) is 3.89. The Morgan fingerprint density at radius 2 is 1.85 bits per heavy atom. The molecule has 27 heavy (non-hydrogen) atoms. The van der Waals surface area contributed by atoms with E-state index in [-0.39, 0.29) is 24.1 Å². The zero-order valence-electron chi connectivity index (χ0n) is 15.5. The third-order valence-electron chi connectivity index (χ3n) is 5.55. The second-order valence-electron chi connectivity index (χ2n) is 7.52. The molecule has 2 aromatic carbocycles. The second-order valence-corrected chi connectivity index (χ2v) is 7.52. The number of ketones is 2. The lowest BCUT2D eigenvalue weighted by Crippen LogP contribution is -2.24. The van der Waals surface area contributed by atoms with Crippen LogP contribution < -0.4 is 4.74 Å². The number of Topliss-reactive ketones (excluding diaryl/α,β-unsaturated/α-hetero) is 2. The maximum Gasteiger partial charge on any atom is 0.166 e. The topological polar surface area (TPSA) is 63.6 Å². The summed E-state index contributed by atoms with van der Waals surface area (Å²) in [5.41, 5.74) is 2.89. The van der Waals surface area contributed by atoms with Crippen molar-refractivity contribution >= 4 is 11.6 Å². The molecule has 1 aliphatic heterocycles. The van der Waals surface area contributed by atoms with E-state index in [1.165, 1.54) is 0 Å². The minimum Gasteiger partial charge on any atom is -0.486 e. The van der Waals surface area contributed by atoms with E-state index >= 15 is 0 Å². The van der Waals surface area contributed by atoms with Gasteiger partial charge in [-0.05, 0) is 36.5 Å². The first-order valence-corrected chi connectivity index (χ1v) is 9.69. The van der Waals surface area contributed by atoms with Crippen molar-refractivity contribution in [2.45, 2.75) is 44.6 Å². The van der Waals surface area contributed by atoms with Crippen molar-refractivity contribution in [3.05, 3.63) is 64.7 Å². The maximum absolute atomic E-state index is 12.8. The molecule has 1 saturated carbocycles. The molecule has 0 amide bonds. The number of fused-ring (bicyclic) bond motifs is 1. The van der Waals surface area contributed by atoms with Gasteiger partial charge in [0.2, 0.25) is 0 Å². The third kappa shape index (κ3) is 3.42. The van der Waals surface area contributed by atoms with Crippen LogP contribution in [0.25, 0.3) is 0 Å². The molecule has 1 aliphatic carbocycles. The highest BCUT2D eigenvalue weighted by molar-refractivity contribution is 6.04. The quantitative estimate of drug-likeness (QED) is 0.750. The molecule has 2 aliphatic rings. The van der Waals surface area contributed by atoms with Gasteiger partial charge in [0.05, 0.1) is 18.1 Å².